The highest BCUT2D eigenvalue weighted by atomic mass is 16.5. The minimum atomic E-state index is -0.256. The number of nitrogens with zero attached hydrogens (tertiary/aromatic N) is 4. The number of benzene rings is 1. The first-order chi connectivity index (χ1) is 13.6. The molecule has 8 nitrogen and oxygen atoms in total. The SMILES string of the molecule is COCCn1nc(C(=O)N(C)Cc2ccccc2N2CCOCC2)ccc1=O. The smallest absolute Gasteiger partial charge is 0.274 e. The molecule has 150 valence electrons. The Morgan fingerprint density at radius 1 is 1.21 bits per heavy atom. The van der Waals surface area contributed by atoms with Crippen molar-refractivity contribution in [3.05, 3.63) is 58.0 Å². The number of amides is 1. The molecule has 3 rings (SSSR count). The van der Waals surface area contributed by atoms with Gasteiger partial charge in [-0.1, -0.05) is 18.2 Å². The monoisotopic (exact) mass is 386 g/mol. The predicted octanol–water partition coefficient (Wildman–Crippen LogP) is 0.998. The second-order valence-electron chi connectivity index (χ2n) is 6.66. The lowest BCUT2D eigenvalue weighted by Crippen LogP contribution is -2.37. The van der Waals surface area contributed by atoms with Gasteiger partial charge in [0.25, 0.3) is 11.5 Å². The van der Waals surface area contributed by atoms with Crippen LogP contribution in [0, 0.1) is 0 Å². The Kier molecular flexibility index (Phi) is 6.78. The Bertz CT molecular complexity index is 861. The maximum atomic E-state index is 12.9. The molecule has 1 aromatic carbocycles. The van der Waals surface area contributed by atoms with Crippen LogP contribution < -0.4 is 10.5 Å². The van der Waals surface area contributed by atoms with Gasteiger partial charge in [0, 0.05) is 45.5 Å². The van der Waals surface area contributed by atoms with Crippen LogP contribution in [0.2, 0.25) is 0 Å². The fraction of sp³-hybridized carbons (Fsp3) is 0.450. The van der Waals surface area contributed by atoms with Gasteiger partial charge in [0.05, 0.1) is 26.4 Å². The zero-order valence-electron chi connectivity index (χ0n) is 16.3. The van der Waals surface area contributed by atoms with Crippen LogP contribution >= 0.6 is 0 Å². The first kappa shape index (κ1) is 20.0. The van der Waals surface area contributed by atoms with Crippen molar-refractivity contribution in [1.82, 2.24) is 14.7 Å². The van der Waals surface area contributed by atoms with Crippen molar-refractivity contribution < 1.29 is 14.3 Å². The Balaban J connectivity index is 1.75. The van der Waals surface area contributed by atoms with E-state index in [2.05, 4.69) is 16.1 Å². The normalized spacial score (nSPS) is 14.1. The van der Waals surface area contributed by atoms with Crippen LogP contribution in [0.15, 0.2) is 41.2 Å². The Labute approximate surface area is 164 Å². The molecule has 0 unspecified atom stereocenters. The zero-order chi connectivity index (χ0) is 19.9. The van der Waals surface area contributed by atoms with Crippen LogP contribution in [-0.4, -0.2) is 67.7 Å². The number of hydrogen-bond donors (Lipinski definition) is 0. The molecule has 0 bridgehead atoms. The van der Waals surface area contributed by atoms with E-state index in [0.717, 1.165) is 24.3 Å². The molecule has 0 spiro atoms. The molecule has 1 aliphatic rings. The fourth-order valence-electron chi connectivity index (χ4n) is 3.18. The number of methoxy groups -OCH3 is 1. The molecule has 0 aliphatic carbocycles. The van der Waals surface area contributed by atoms with Gasteiger partial charge in [-0.2, -0.15) is 5.10 Å². The summed E-state index contributed by atoms with van der Waals surface area (Å²) in [6, 6.07) is 10.9. The van der Waals surface area contributed by atoms with E-state index in [1.807, 2.05) is 18.2 Å². The Hall–Kier alpha value is -2.71. The van der Waals surface area contributed by atoms with E-state index in [9.17, 15) is 9.59 Å². The number of morpholine rings is 1. The average molecular weight is 386 g/mol. The van der Waals surface area contributed by atoms with Gasteiger partial charge in [-0.05, 0) is 17.7 Å². The Morgan fingerprint density at radius 3 is 2.71 bits per heavy atom. The number of hydrogen-bond acceptors (Lipinski definition) is 6. The summed E-state index contributed by atoms with van der Waals surface area (Å²) in [4.78, 5) is 28.6. The lowest BCUT2D eigenvalue weighted by Gasteiger charge is -2.31. The van der Waals surface area contributed by atoms with E-state index in [4.69, 9.17) is 9.47 Å². The fourth-order valence-corrected chi connectivity index (χ4v) is 3.18. The number of carbonyl (C=O) groups excluding carboxylic acids is 1. The number of rotatable bonds is 7. The van der Waals surface area contributed by atoms with E-state index in [-0.39, 0.29) is 17.2 Å². The molecule has 0 atom stereocenters. The van der Waals surface area contributed by atoms with Gasteiger partial charge in [-0.15, -0.1) is 0 Å². The third kappa shape index (κ3) is 4.76. The minimum Gasteiger partial charge on any atom is -0.383 e. The van der Waals surface area contributed by atoms with Crippen molar-refractivity contribution in [2.75, 3.05) is 52.0 Å². The predicted molar refractivity (Wildman–Crippen MR) is 106 cm³/mol. The van der Waals surface area contributed by atoms with E-state index in [1.54, 1.807) is 19.1 Å². The standard InChI is InChI=1S/C20H26N4O4/c1-22(20(26)17-7-8-19(25)24(21-17)11-12-27-2)15-16-5-3-4-6-18(16)23-9-13-28-14-10-23/h3-8H,9-15H2,1-2H3. The van der Waals surface area contributed by atoms with Crippen LogP contribution in [-0.2, 0) is 22.6 Å². The molecule has 2 heterocycles. The summed E-state index contributed by atoms with van der Waals surface area (Å²) in [5.41, 5.74) is 2.16. The van der Waals surface area contributed by atoms with Gasteiger partial charge in [-0.25, -0.2) is 4.68 Å². The van der Waals surface area contributed by atoms with Gasteiger partial charge in [0.15, 0.2) is 0 Å². The van der Waals surface area contributed by atoms with Crippen LogP contribution in [0.25, 0.3) is 0 Å². The average Bonchev–Trinajstić information content (AvgIpc) is 2.73. The maximum Gasteiger partial charge on any atom is 0.274 e. The lowest BCUT2D eigenvalue weighted by atomic mass is 10.1. The highest BCUT2D eigenvalue weighted by Gasteiger charge is 2.19. The summed E-state index contributed by atoms with van der Waals surface area (Å²) in [7, 11) is 3.30. The molecule has 0 saturated carbocycles. The quantitative estimate of drug-likeness (QED) is 0.707. The minimum absolute atomic E-state index is 0.233. The van der Waals surface area contributed by atoms with E-state index >= 15 is 0 Å². The molecule has 2 aromatic rings. The largest absolute Gasteiger partial charge is 0.383 e. The van der Waals surface area contributed by atoms with Crippen molar-refractivity contribution in [3.63, 3.8) is 0 Å². The number of ether oxygens (including phenoxy) is 2. The van der Waals surface area contributed by atoms with E-state index < -0.39 is 0 Å². The van der Waals surface area contributed by atoms with Crippen molar-refractivity contribution >= 4 is 11.6 Å². The van der Waals surface area contributed by atoms with Gasteiger partial charge in [0.2, 0.25) is 0 Å². The molecular formula is C20H26N4O4. The summed E-state index contributed by atoms with van der Waals surface area (Å²) in [5, 5.41) is 4.19. The number of para-hydroxylation sites is 1. The molecule has 0 radical (unpaired) electrons. The van der Waals surface area contributed by atoms with Crippen LogP contribution in [0.1, 0.15) is 16.1 Å². The lowest BCUT2D eigenvalue weighted by molar-refractivity contribution is 0.0775. The summed E-state index contributed by atoms with van der Waals surface area (Å²) in [6.45, 7) is 4.19. The molecule has 1 aliphatic heterocycles. The topological polar surface area (TPSA) is 76.9 Å². The second kappa shape index (κ2) is 9.48. The summed E-state index contributed by atoms with van der Waals surface area (Å²) < 4.78 is 11.7. The number of carbonyl (C=O) groups is 1. The van der Waals surface area contributed by atoms with Crippen molar-refractivity contribution in [1.29, 1.82) is 0 Å². The van der Waals surface area contributed by atoms with Crippen molar-refractivity contribution in [2.45, 2.75) is 13.1 Å². The second-order valence-corrected chi connectivity index (χ2v) is 6.66. The highest BCUT2D eigenvalue weighted by Crippen LogP contribution is 2.23. The molecule has 8 heteroatoms. The van der Waals surface area contributed by atoms with Crippen LogP contribution in [0.5, 0.6) is 0 Å². The molecule has 1 amide bonds. The van der Waals surface area contributed by atoms with Crippen molar-refractivity contribution in [2.24, 2.45) is 0 Å². The molecular weight excluding hydrogens is 360 g/mol. The van der Waals surface area contributed by atoms with Crippen LogP contribution in [0.3, 0.4) is 0 Å². The zero-order valence-corrected chi connectivity index (χ0v) is 16.3. The first-order valence-corrected chi connectivity index (χ1v) is 9.33. The maximum absolute atomic E-state index is 12.9. The molecule has 28 heavy (non-hydrogen) atoms. The van der Waals surface area contributed by atoms with Gasteiger partial charge >= 0.3 is 0 Å². The Morgan fingerprint density at radius 2 is 1.96 bits per heavy atom. The molecule has 1 aromatic heterocycles. The van der Waals surface area contributed by atoms with Gasteiger partial charge in [-0.3, -0.25) is 9.59 Å². The van der Waals surface area contributed by atoms with Crippen molar-refractivity contribution in [3.8, 4) is 0 Å². The third-order valence-electron chi connectivity index (χ3n) is 4.69. The van der Waals surface area contributed by atoms with E-state index in [1.165, 1.54) is 16.8 Å². The number of anilines is 1. The van der Waals surface area contributed by atoms with Gasteiger partial charge < -0.3 is 19.3 Å². The summed E-state index contributed by atoms with van der Waals surface area (Å²) in [6.07, 6.45) is 0. The van der Waals surface area contributed by atoms with E-state index in [0.29, 0.717) is 32.9 Å². The number of aromatic nitrogens is 2. The highest BCUT2D eigenvalue weighted by molar-refractivity contribution is 5.91. The third-order valence-corrected chi connectivity index (χ3v) is 4.69. The molecule has 1 saturated heterocycles. The molecule has 0 N–H and O–H groups in total. The summed E-state index contributed by atoms with van der Waals surface area (Å²) >= 11 is 0. The first-order valence-electron chi connectivity index (χ1n) is 9.33. The van der Waals surface area contributed by atoms with Gasteiger partial charge in [0.1, 0.15) is 5.69 Å². The summed E-state index contributed by atoms with van der Waals surface area (Å²) in [5.74, 6) is -0.233. The van der Waals surface area contributed by atoms with Crippen LogP contribution in [0.4, 0.5) is 5.69 Å². The molecule has 1 fully saturated rings.